The average molecular weight is 323 g/mol. The maximum absolute atomic E-state index is 4.74. The fourth-order valence-electron chi connectivity index (χ4n) is 3.19. The minimum atomic E-state index is 0. The maximum atomic E-state index is 4.74. The van der Waals surface area contributed by atoms with Crippen molar-refractivity contribution in [3.05, 3.63) is 60.2 Å². The van der Waals surface area contributed by atoms with Crippen LogP contribution in [0.1, 0.15) is 5.56 Å². The Balaban J connectivity index is 0.00000135. The second-order valence-electron chi connectivity index (χ2n) is 5.56. The fourth-order valence-corrected chi connectivity index (χ4v) is 3.19. The van der Waals surface area contributed by atoms with Crippen molar-refractivity contribution in [2.24, 2.45) is 4.99 Å². The Morgan fingerprint density at radius 3 is 2.74 bits per heavy atom. The maximum Gasteiger partial charge on any atom is 0.138 e. The van der Waals surface area contributed by atoms with E-state index in [-0.39, 0.29) is 12.4 Å². The molecule has 0 atom stereocenters. The zero-order valence-electron chi connectivity index (χ0n) is 12.4. The lowest BCUT2D eigenvalue weighted by atomic mass is 10.1. The number of pyridine rings is 1. The topological polar surface area (TPSA) is 41.7 Å². The Hall–Kier alpha value is -2.59. The van der Waals surface area contributed by atoms with Gasteiger partial charge in [0, 0.05) is 12.1 Å². The molecule has 0 bridgehead atoms. The van der Waals surface area contributed by atoms with Gasteiger partial charge in [0.15, 0.2) is 0 Å². The lowest BCUT2D eigenvalue weighted by Gasteiger charge is -2.05. The molecule has 3 heterocycles. The van der Waals surface area contributed by atoms with Crippen molar-refractivity contribution in [1.82, 2.24) is 14.7 Å². The van der Waals surface area contributed by atoms with Crippen molar-refractivity contribution in [3.63, 3.8) is 0 Å². The first-order valence-corrected chi connectivity index (χ1v) is 7.49. The highest BCUT2D eigenvalue weighted by atomic mass is 35.5. The molecule has 1 aliphatic heterocycles. The molecule has 0 unspecified atom stereocenters. The number of nitrogens with one attached hydrogen (secondary N) is 1. The van der Waals surface area contributed by atoms with E-state index < -0.39 is 0 Å². The Morgan fingerprint density at radius 1 is 0.957 bits per heavy atom. The van der Waals surface area contributed by atoms with Gasteiger partial charge in [-0.3, -0.25) is 9.39 Å². The Morgan fingerprint density at radius 2 is 1.87 bits per heavy atom. The number of hydrogen-bond donors (Lipinski definition) is 1. The summed E-state index contributed by atoms with van der Waals surface area (Å²) < 4.78 is 2.23. The van der Waals surface area contributed by atoms with Crippen LogP contribution >= 0.6 is 12.4 Å². The van der Waals surface area contributed by atoms with E-state index in [4.69, 9.17) is 4.98 Å². The van der Waals surface area contributed by atoms with Gasteiger partial charge in [-0.15, -0.1) is 12.4 Å². The third-order valence-electron chi connectivity index (χ3n) is 4.22. The van der Waals surface area contributed by atoms with Crippen LogP contribution < -0.4 is 5.32 Å². The lowest BCUT2D eigenvalue weighted by Crippen LogP contribution is -2.19. The van der Waals surface area contributed by atoms with Crippen LogP contribution in [0.5, 0.6) is 0 Å². The molecule has 0 spiro atoms. The van der Waals surface area contributed by atoms with Crippen molar-refractivity contribution in [2.45, 2.75) is 0 Å². The third kappa shape index (κ3) is 2.06. The summed E-state index contributed by atoms with van der Waals surface area (Å²) in [5, 5.41) is 4.55. The Labute approximate surface area is 139 Å². The van der Waals surface area contributed by atoms with Crippen LogP contribution in [0.3, 0.4) is 0 Å². The molecular formula is C18H15ClN4. The molecule has 1 N–H and O–H groups in total. The lowest BCUT2D eigenvalue weighted by molar-refractivity contribution is 0.960. The molecule has 0 fully saturated rings. The normalized spacial score (nSPS) is 14.0. The second-order valence-corrected chi connectivity index (χ2v) is 5.56. The van der Waals surface area contributed by atoms with E-state index in [9.17, 15) is 0 Å². The van der Waals surface area contributed by atoms with E-state index in [0.717, 1.165) is 41.2 Å². The molecular weight excluding hydrogens is 308 g/mol. The summed E-state index contributed by atoms with van der Waals surface area (Å²) in [6.45, 7) is 1.77. The number of aromatic nitrogens is 2. The van der Waals surface area contributed by atoms with Crippen LogP contribution in [0.2, 0.25) is 0 Å². The van der Waals surface area contributed by atoms with Crippen molar-refractivity contribution < 1.29 is 0 Å². The zero-order valence-corrected chi connectivity index (χ0v) is 13.2. The number of hydrogen-bond acceptors (Lipinski definition) is 3. The van der Waals surface area contributed by atoms with Gasteiger partial charge >= 0.3 is 0 Å². The minimum absolute atomic E-state index is 0. The first kappa shape index (κ1) is 14.0. The van der Waals surface area contributed by atoms with Crippen LogP contribution in [0, 0.1) is 0 Å². The van der Waals surface area contributed by atoms with Gasteiger partial charge in [-0.1, -0.05) is 18.2 Å². The summed E-state index contributed by atoms with van der Waals surface area (Å²) >= 11 is 0. The van der Waals surface area contributed by atoms with Crippen molar-refractivity contribution in [1.29, 1.82) is 0 Å². The standard InChI is InChI=1S/C18H14N4.ClH/c1-2-4-15-12(3-1)6-8-17-21-14-7-5-13(11-16(14)22(15)17)18-19-9-10-20-18;/h1-8,11H,9-10H2,(H,19,20);1H. The zero-order chi connectivity index (χ0) is 14.5. The molecule has 0 saturated carbocycles. The SMILES string of the molecule is Cl.c1ccc2c(c1)ccc1nc3ccc(C4=NCCN4)cc3n12. The number of fused-ring (bicyclic) bond motifs is 5. The van der Waals surface area contributed by atoms with Gasteiger partial charge in [-0.25, -0.2) is 4.98 Å². The van der Waals surface area contributed by atoms with Crippen LogP contribution in [-0.2, 0) is 0 Å². The van der Waals surface area contributed by atoms with Gasteiger partial charge < -0.3 is 5.32 Å². The highest BCUT2D eigenvalue weighted by molar-refractivity contribution is 6.03. The summed E-state index contributed by atoms with van der Waals surface area (Å²) in [6, 6.07) is 19.0. The second kappa shape index (κ2) is 5.25. The highest BCUT2D eigenvalue weighted by Gasteiger charge is 2.12. The van der Waals surface area contributed by atoms with Gasteiger partial charge in [0.05, 0.1) is 23.1 Å². The summed E-state index contributed by atoms with van der Waals surface area (Å²) in [5.74, 6) is 0.983. The van der Waals surface area contributed by atoms with Gasteiger partial charge in [0.1, 0.15) is 11.5 Å². The third-order valence-corrected chi connectivity index (χ3v) is 4.22. The number of imidazole rings is 1. The number of para-hydroxylation sites is 1. The molecule has 2 aromatic carbocycles. The smallest absolute Gasteiger partial charge is 0.138 e. The monoisotopic (exact) mass is 322 g/mol. The summed E-state index contributed by atoms with van der Waals surface area (Å²) in [4.78, 5) is 9.25. The molecule has 0 saturated heterocycles. The molecule has 0 aliphatic carbocycles. The molecule has 4 nitrogen and oxygen atoms in total. The largest absolute Gasteiger partial charge is 0.368 e. The van der Waals surface area contributed by atoms with E-state index in [1.54, 1.807) is 0 Å². The highest BCUT2D eigenvalue weighted by Crippen LogP contribution is 2.24. The quantitative estimate of drug-likeness (QED) is 0.583. The summed E-state index contributed by atoms with van der Waals surface area (Å²) in [6.07, 6.45) is 0. The molecule has 2 aromatic heterocycles. The molecule has 0 amide bonds. The first-order valence-electron chi connectivity index (χ1n) is 7.49. The number of benzene rings is 2. The fraction of sp³-hybridized carbons (Fsp3) is 0.111. The van der Waals surface area contributed by atoms with Crippen LogP contribution in [-0.4, -0.2) is 28.3 Å². The van der Waals surface area contributed by atoms with Gasteiger partial charge in [0.2, 0.25) is 0 Å². The predicted molar refractivity (Wildman–Crippen MR) is 96.9 cm³/mol. The van der Waals surface area contributed by atoms with Crippen molar-refractivity contribution in [2.75, 3.05) is 13.1 Å². The average Bonchev–Trinajstić information content (AvgIpc) is 3.21. The van der Waals surface area contributed by atoms with E-state index >= 15 is 0 Å². The van der Waals surface area contributed by atoms with Crippen molar-refractivity contribution in [3.8, 4) is 0 Å². The van der Waals surface area contributed by atoms with E-state index in [1.165, 1.54) is 10.9 Å². The number of nitrogens with zero attached hydrogens (tertiary/aromatic N) is 3. The van der Waals surface area contributed by atoms with Crippen LogP contribution in [0.15, 0.2) is 59.6 Å². The number of halogens is 1. The summed E-state index contributed by atoms with van der Waals surface area (Å²) in [5.41, 5.74) is 5.42. The first-order chi connectivity index (χ1) is 10.9. The summed E-state index contributed by atoms with van der Waals surface area (Å²) in [7, 11) is 0. The van der Waals surface area contributed by atoms with Gasteiger partial charge in [-0.2, -0.15) is 0 Å². The Bertz CT molecular complexity index is 1060. The van der Waals surface area contributed by atoms with Crippen LogP contribution in [0.4, 0.5) is 0 Å². The van der Waals surface area contributed by atoms with E-state index in [2.05, 4.69) is 69.3 Å². The number of rotatable bonds is 1. The van der Waals surface area contributed by atoms with Crippen LogP contribution in [0.25, 0.3) is 27.6 Å². The van der Waals surface area contributed by atoms with Crippen molar-refractivity contribution >= 4 is 45.8 Å². The molecule has 1 aliphatic rings. The van der Waals surface area contributed by atoms with E-state index in [0.29, 0.717) is 0 Å². The molecule has 4 aromatic rings. The molecule has 23 heavy (non-hydrogen) atoms. The molecule has 0 radical (unpaired) electrons. The predicted octanol–water partition coefficient (Wildman–Crippen LogP) is 3.41. The van der Waals surface area contributed by atoms with E-state index in [1.807, 2.05) is 0 Å². The molecule has 5 rings (SSSR count). The molecule has 114 valence electrons. The van der Waals surface area contributed by atoms with Gasteiger partial charge in [-0.05, 0) is 41.8 Å². The number of amidine groups is 1. The number of aliphatic imine (C=N–C) groups is 1. The minimum Gasteiger partial charge on any atom is -0.368 e. The Kier molecular flexibility index (Phi) is 3.20. The van der Waals surface area contributed by atoms with Gasteiger partial charge in [0.25, 0.3) is 0 Å². The molecule has 5 heteroatoms.